The molecule has 0 bridgehead atoms. The number of aromatic nitrogens is 3. The average Bonchev–Trinajstić information content (AvgIpc) is 2.82. The summed E-state index contributed by atoms with van der Waals surface area (Å²) >= 11 is 0. The number of nitrogens with zero attached hydrogens (tertiary/aromatic N) is 5. The highest BCUT2D eigenvalue weighted by Gasteiger charge is 2.16. The molecule has 1 aliphatic rings. The Balaban J connectivity index is 1.35. The number of carbonyl (C=O) groups is 1. The van der Waals surface area contributed by atoms with Crippen LogP contribution in [0.15, 0.2) is 65.6 Å². The van der Waals surface area contributed by atoms with E-state index in [0.717, 1.165) is 32.0 Å². The summed E-state index contributed by atoms with van der Waals surface area (Å²) in [6, 6.07) is 15.8. The van der Waals surface area contributed by atoms with Crippen molar-refractivity contribution in [2.24, 2.45) is 0 Å². The van der Waals surface area contributed by atoms with Crippen LogP contribution in [0.4, 0.5) is 11.5 Å². The monoisotopic (exact) mass is 434 g/mol. The number of ether oxygens (including phenoxy) is 1. The lowest BCUT2D eigenvalue weighted by atomic mass is 10.3. The molecule has 0 spiro atoms. The fourth-order valence-corrected chi connectivity index (χ4v) is 3.37. The van der Waals surface area contributed by atoms with E-state index >= 15 is 0 Å². The van der Waals surface area contributed by atoms with Crippen molar-refractivity contribution in [3.05, 3.63) is 76.8 Å². The molecule has 166 valence electrons. The molecule has 0 aliphatic carbocycles. The number of para-hydroxylation sites is 1. The Morgan fingerprint density at radius 1 is 1.03 bits per heavy atom. The average molecular weight is 435 g/mol. The summed E-state index contributed by atoms with van der Waals surface area (Å²) in [6.45, 7) is 4.34. The number of carbonyl (C=O) groups excluding carboxylic acids is 1. The number of rotatable bonds is 7. The molecule has 1 N–H and O–H groups in total. The minimum absolute atomic E-state index is 0.146. The summed E-state index contributed by atoms with van der Waals surface area (Å²) in [6.07, 6.45) is 1.63. The zero-order valence-corrected chi connectivity index (χ0v) is 18.0. The van der Waals surface area contributed by atoms with Gasteiger partial charge in [-0.25, -0.2) is 9.67 Å². The Morgan fingerprint density at radius 3 is 2.53 bits per heavy atom. The van der Waals surface area contributed by atoms with Gasteiger partial charge in [0.05, 0.1) is 18.4 Å². The molecule has 32 heavy (non-hydrogen) atoms. The van der Waals surface area contributed by atoms with Gasteiger partial charge in [0.25, 0.3) is 11.5 Å². The number of hydrogen-bond acceptors (Lipinski definition) is 7. The molecule has 0 radical (unpaired) electrons. The van der Waals surface area contributed by atoms with E-state index in [-0.39, 0.29) is 24.4 Å². The van der Waals surface area contributed by atoms with Gasteiger partial charge >= 0.3 is 0 Å². The van der Waals surface area contributed by atoms with Gasteiger partial charge in [0.15, 0.2) is 0 Å². The van der Waals surface area contributed by atoms with Crippen LogP contribution in [0.3, 0.4) is 0 Å². The summed E-state index contributed by atoms with van der Waals surface area (Å²) in [7, 11) is 2.11. The predicted octanol–water partition coefficient (Wildman–Crippen LogP) is 1.72. The number of piperazine rings is 1. The topological polar surface area (TPSA) is 92.6 Å². The summed E-state index contributed by atoms with van der Waals surface area (Å²) < 4.78 is 6.84. The molecule has 1 aromatic carbocycles. The van der Waals surface area contributed by atoms with Gasteiger partial charge in [-0.1, -0.05) is 18.2 Å². The second-order valence-corrected chi connectivity index (χ2v) is 7.59. The van der Waals surface area contributed by atoms with Crippen LogP contribution in [0.25, 0.3) is 0 Å². The van der Waals surface area contributed by atoms with Crippen LogP contribution in [0.5, 0.6) is 5.75 Å². The Kier molecular flexibility index (Phi) is 6.76. The van der Waals surface area contributed by atoms with E-state index < -0.39 is 5.91 Å². The van der Waals surface area contributed by atoms with Crippen molar-refractivity contribution in [3.63, 3.8) is 0 Å². The van der Waals surface area contributed by atoms with Gasteiger partial charge in [-0.05, 0) is 37.4 Å². The Bertz CT molecular complexity index is 1090. The van der Waals surface area contributed by atoms with Crippen molar-refractivity contribution in [1.82, 2.24) is 19.7 Å². The normalized spacial score (nSPS) is 14.2. The number of likely N-dealkylation sites (N-methyl/N-ethyl adjacent to an activating group) is 1. The van der Waals surface area contributed by atoms with Crippen LogP contribution in [-0.2, 0) is 6.54 Å². The molecule has 9 nitrogen and oxygen atoms in total. The summed E-state index contributed by atoms with van der Waals surface area (Å²) in [5, 5.41) is 6.96. The third-order valence-electron chi connectivity index (χ3n) is 5.25. The number of anilines is 2. The second kappa shape index (κ2) is 10.1. The van der Waals surface area contributed by atoms with Crippen molar-refractivity contribution in [2.45, 2.75) is 6.54 Å². The van der Waals surface area contributed by atoms with Gasteiger partial charge in [0.1, 0.15) is 23.9 Å². The van der Waals surface area contributed by atoms with Crippen molar-refractivity contribution >= 4 is 17.4 Å². The lowest BCUT2D eigenvalue weighted by molar-refractivity contribution is 0.101. The number of hydrogen-bond donors (Lipinski definition) is 1. The van der Waals surface area contributed by atoms with Crippen LogP contribution in [-0.4, -0.2) is 65.4 Å². The Labute approximate surface area is 186 Å². The fraction of sp³-hybridized carbons (Fsp3) is 0.304. The van der Waals surface area contributed by atoms with Crippen molar-refractivity contribution in [3.8, 4) is 5.75 Å². The SMILES string of the molecule is CN1CCN(c2ccc(NC(=O)c3ccc(=O)n(CCOc4ccccc4)n3)cn2)CC1. The standard InChI is InChI=1S/C23H26N6O3/c1-27-11-13-28(14-12-27)21-9-7-18(17-24-21)25-23(31)20-8-10-22(30)29(26-20)15-16-32-19-5-3-2-4-6-19/h2-10,17H,11-16H2,1H3,(H,25,31). The lowest BCUT2D eigenvalue weighted by Crippen LogP contribution is -2.44. The van der Waals surface area contributed by atoms with Crippen molar-refractivity contribution in [2.75, 3.05) is 50.1 Å². The fourth-order valence-electron chi connectivity index (χ4n) is 3.37. The van der Waals surface area contributed by atoms with E-state index in [0.29, 0.717) is 11.4 Å². The molecule has 9 heteroatoms. The summed E-state index contributed by atoms with van der Waals surface area (Å²) in [5.74, 6) is 1.19. The maximum Gasteiger partial charge on any atom is 0.276 e. The molecule has 0 unspecified atom stereocenters. The third kappa shape index (κ3) is 5.50. The van der Waals surface area contributed by atoms with E-state index in [2.05, 4.69) is 32.2 Å². The summed E-state index contributed by atoms with van der Waals surface area (Å²) in [4.78, 5) is 33.7. The zero-order chi connectivity index (χ0) is 22.3. The molecule has 1 saturated heterocycles. The molecule has 4 rings (SSSR count). The zero-order valence-electron chi connectivity index (χ0n) is 18.0. The smallest absolute Gasteiger partial charge is 0.276 e. The number of nitrogens with one attached hydrogen (secondary N) is 1. The second-order valence-electron chi connectivity index (χ2n) is 7.59. The van der Waals surface area contributed by atoms with Gasteiger partial charge in [0, 0.05) is 32.2 Å². The van der Waals surface area contributed by atoms with Gasteiger partial charge in [-0.15, -0.1) is 0 Å². The van der Waals surface area contributed by atoms with Crippen molar-refractivity contribution < 1.29 is 9.53 Å². The number of benzene rings is 1. The maximum atomic E-state index is 12.6. The summed E-state index contributed by atoms with van der Waals surface area (Å²) in [5.41, 5.74) is 0.420. The minimum Gasteiger partial charge on any atom is -0.492 e. The molecule has 1 amide bonds. The van der Waals surface area contributed by atoms with Crippen LogP contribution in [0, 0.1) is 0 Å². The lowest BCUT2D eigenvalue weighted by Gasteiger charge is -2.33. The number of pyridine rings is 1. The molecule has 3 aromatic rings. The highest BCUT2D eigenvalue weighted by atomic mass is 16.5. The molecular weight excluding hydrogens is 408 g/mol. The van der Waals surface area contributed by atoms with E-state index in [1.165, 1.54) is 16.8 Å². The van der Waals surface area contributed by atoms with Crippen LogP contribution in [0.1, 0.15) is 10.5 Å². The number of amides is 1. The van der Waals surface area contributed by atoms with E-state index in [1.54, 1.807) is 6.20 Å². The van der Waals surface area contributed by atoms with Gasteiger partial charge in [0.2, 0.25) is 0 Å². The van der Waals surface area contributed by atoms with Crippen LogP contribution < -0.4 is 20.5 Å². The molecule has 2 aromatic heterocycles. The van der Waals surface area contributed by atoms with Gasteiger partial charge in [-0.2, -0.15) is 5.10 Å². The van der Waals surface area contributed by atoms with Crippen molar-refractivity contribution in [1.29, 1.82) is 0 Å². The molecule has 0 saturated carbocycles. The van der Waals surface area contributed by atoms with Gasteiger partial charge < -0.3 is 19.9 Å². The van der Waals surface area contributed by atoms with E-state index in [4.69, 9.17) is 4.74 Å². The van der Waals surface area contributed by atoms with Crippen LogP contribution in [0.2, 0.25) is 0 Å². The third-order valence-corrected chi connectivity index (χ3v) is 5.25. The van der Waals surface area contributed by atoms with E-state index in [9.17, 15) is 9.59 Å². The maximum absolute atomic E-state index is 12.6. The highest BCUT2D eigenvalue weighted by molar-refractivity contribution is 6.02. The highest BCUT2D eigenvalue weighted by Crippen LogP contribution is 2.16. The first kappa shape index (κ1) is 21.5. The van der Waals surface area contributed by atoms with Gasteiger partial charge in [-0.3, -0.25) is 9.59 Å². The largest absolute Gasteiger partial charge is 0.492 e. The molecule has 0 atom stereocenters. The quantitative estimate of drug-likeness (QED) is 0.605. The first-order chi connectivity index (χ1) is 15.6. The Morgan fingerprint density at radius 2 is 1.81 bits per heavy atom. The molecule has 3 heterocycles. The van der Waals surface area contributed by atoms with E-state index in [1.807, 2.05) is 42.5 Å². The van der Waals surface area contributed by atoms with Crippen LogP contribution >= 0.6 is 0 Å². The molecule has 1 aliphatic heterocycles. The molecular formula is C23H26N6O3. The first-order valence-electron chi connectivity index (χ1n) is 10.6. The predicted molar refractivity (Wildman–Crippen MR) is 122 cm³/mol. The minimum atomic E-state index is -0.406. The Hall–Kier alpha value is -3.72. The molecule has 1 fully saturated rings. The first-order valence-corrected chi connectivity index (χ1v) is 10.6.